The Labute approximate surface area is 154 Å². The fourth-order valence-electron chi connectivity index (χ4n) is 2.91. The average Bonchev–Trinajstić information content (AvgIpc) is 3.20. The molecule has 2 aromatic carbocycles. The molecule has 25 heavy (non-hydrogen) atoms. The Morgan fingerprint density at radius 2 is 2.08 bits per heavy atom. The summed E-state index contributed by atoms with van der Waals surface area (Å²) in [7, 11) is 1.64. The van der Waals surface area contributed by atoms with Crippen LogP contribution in [0, 0.1) is 0 Å². The molecule has 128 valence electrons. The molecule has 0 saturated carbocycles. The average molecular weight is 371 g/mol. The van der Waals surface area contributed by atoms with Crippen molar-refractivity contribution in [2.45, 2.75) is 22.1 Å². The van der Waals surface area contributed by atoms with E-state index < -0.39 is 6.10 Å². The summed E-state index contributed by atoms with van der Waals surface area (Å²) in [5.74, 6) is 0.788. The molecule has 1 heterocycles. The van der Waals surface area contributed by atoms with E-state index in [9.17, 15) is 5.11 Å². The van der Waals surface area contributed by atoms with E-state index in [1.54, 1.807) is 18.9 Å². The molecular formula is C18H17N3O2S2. The van der Waals surface area contributed by atoms with Gasteiger partial charge in [-0.3, -0.25) is 0 Å². The van der Waals surface area contributed by atoms with Crippen LogP contribution >= 0.6 is 23.1 Å². The van der Waals surface area contributed by atoms with Crippen molar-refractivity contribution >= 4 is 33.9 Å². The van der Waals surface area contributed by atoms with Gasteiger partial charge >= 0.3 is 0 Å². The van der Waals surface area contributed by atoms with Gasteiger partial charge in [0.05, 0.1) is 13.2 Å². The summed E-state index contributed by atoms with van der Waals surface area (Å²) in [6.45, 7) is 0. The molecule has 3 aromatic rings. The largest absolute Gasteiger partial charge is 0.497 e. The number of nitrogens with zero attached hydrogens (tertiary/aromatic N) is 2. The van der Waals surface area contributed by atoms with Crippen LogP contribution in [0.5, 0.6) is 5.75 Å². The molecule has 0 spiro atoms. The first kappa shape index (κ1) is 16.4. The summed E-state index contributed by atoms with van der Waals surface area (Å²) in [5, 5.41) is 23.0. The Hall–Kier alpha value is -2.09. The maximum absolute atomic E-state index is 10.5. The Morgan fingerprint density at radius 1 is 1.20 bits per heavy atom. The minimum absolute atomic E-state index is 0.0787. The predicted molar refractivity (Wildman–Crippen MR) is 101 cm³/mol. The molecule has 0 amide bonds. The first-order valence-corrected chi connectivity index (χ1v) is 9.59. The minimum Gasteiger partial charge on any atom is -0.497 e. The predicted octanol–water partition coefficient (Wildman–Crippen LogP) is 4.04. The molecule has 2 unspecified atom stereocenters. The Balaban J connectivity index is 1.44. The van der Waals surface area contributed by atoms with E-state index in [1.165, 1.54) is 16.9 Å². The number of hydrogen-bond donors (Lipinski definition) is 2. The maximum Gasteiger partial charge on any atom is 0.210 e. The summed E-state index contributed by atoms with van der Waals surface area (Å²) in [6, 6.07) is 15.7. The van der Waals surface area contributed by atoms with Gasteiger partial charge < -0.3 is 15.2 Å². The Bertz CT molecular complexity index is 884. The van der Waals surface area contributed by atoms with E-state index >= 15 is 0 Å². The quantitative estimate of drug-likeness (QED) is 0.705. The highest BCUT2D eigenvalue weighted by molar-refractivity contribution is 8.01. The van der Waals surface area contributed by atoms with E-state index in [-0.39, 0.29) is 5.25 Å². The molecule has 0 aliphatic heterocycles. The standard InChI is InChI=1S/C18H17N3O2S2/c1-23-13-7-4-6-12(10-13)19-17-20-21-18(25-17)24-15-9-11-5-2-3-8-14(11)16(15)22/h2-8,10,15-16,22H,9H2,1H3,(H,19,20). The lowest BCUT2D eigenvalue weighted by Crippen LogP contribution is -2.08. The lowest BCUT2D eigenvalue weighted by atomic mass is 10.1. The first-order chi connectivity index (χ1) is 12.2. The number of methoxy groups -OCH3 is 1. The van der Waals surface area contributed by atoms with Crippen molar-refractivity contribution in [2.75, 3.05) is 12.4 Å². The second-order valence-electron chi connectivity index (χ2n) is 5.73. The summed E-state index contributed by atoms with van der Waals surface area (Å²) >= 11 is 3.07. The van der Waals surface area contributed by atoms with Gasteiger partial charge in [-0.1, -0.05) is 53.4 Å². The highest BCUT2D eigenvalue weighted by Crippen LogP contribution is 2.42. The number of benzene rings is 2. The van der Waals surface area contributed by atoms with E-state index in [1.807, 2.05) is 42.5 Å². The Kier molecular flexibility index (Phi) is 4.61. The van der Waals surface area contributed by atoms with Crippen molar-refractivity contribution < 1.29 is 9.84 Å². The molecular weight excluding hydrogens is 354 g/mol. The number of aliphatic hydroxyl groups excluding tert-OH is 1. The van der Waals surface area contributed by atoms with Crippen LogP contribution in [0.4, 0.5) is 10.8 Å². The third-order valence-electron chi connectivity index (χ3n) is 4.13. The first-order valence-electron chi connectivity index (χ1n) is 7.90. The van der Waals surface area contributed by atoms with Gasteiger partial charge in [0.15, 0.2) is 4.34 Å². The molecule has 0 fully saturated rings. The van der Waals surface area contributed by atoms with Crippen LogP contribution in [-0.4, -0.2) is 27.7 Å². The molecule has 1 aliphatic rings. The molecule has 0 radical (unpaired) electrons. The van der Waals surface area contributed by atoms with Crippen LogP contribution in [0.15, 0.2) is 52.9 Å². The van der Waals surface area contributed by atoms with Crippen LogP contribution < -0.4 is 10.1 Å². The number of ether oxygens (including phenoxy) is 1. The Morgan fingerprint density at radius 3 is 2.92 bits per heavy atom. The summed E-state index contributed by atoms with van der Waals surface area (Å²) in [6.07, 6.45) is 0.389. The second-order valence-corrected chi connectivity index (χ2v) is 8.20. The smallest absolute Gasteiger partial charge is 0.210 e. The molecule has 2 atom stereocenters. The van der Waals surface area contributed by atoms with Crippen molar-refractivity contribution in [2.24, 2.45) is 0 Å². The normalized spacial score (nSPS) is 18.8. The molecule has 5 nitrogen and oxygen atoms in total. The zero-order valence-corrected chi connectivity index (χ0v) is 15.2. The number of thioether (sulfide) groups is 1. The topological polar surface area (TPSA) is 67.3 Å². The molecule has 4 rings (SSSR count). The van der Waals surface area contributed by atoms with Crippen LogP contribution in [0.2, 0.25) is 0 Å². The number of rotatable bonds is 5. The van der Waals surface area contributed by atoms with Crippen LogP contribution in [0.25, 0.3) is 0 Å². The van der Waals surface area contributed by atoms with Crippen LogP contribution in [0.3, 0.4) is 0 Å². The monoisotopic (exact) mass is 371 g/mol. The highest BCUT2D eigenvalue weighted by atomic mass is 32.2. The van der Waals surface area contributed by atoms with Gasteiger partial charge in [0.1, 0.15) is 5.75 Å². The number of fused-ring (bicyclic) bond motifs is 1. The van der Waals surface area contributed by atoms with E-state index in [0.29, 0.717) is 0 Å². The van der Waals surface area contributed by atoms with Gasteiger partial charge in [-0.2, -0.15) is 0 Å². The van der Waals surface area contributed by atoms with Gasteiger partial charge in [-0.05, 0) is 29.7 Å². The van der Waals surface area contributed by atoms with E-state index in [0.717, 1.165) is 32.9 Å². The molecule has 1 aromatic heterocycles. The fourth-order valence-corrected chi connectivity index (χ4v) is 5.09. The van der Waals surface area contributed by atoms with E-state index in [4.69, 9.17) is 4.74 Å². The number of nitrogens with one attached hydrogen (secondary N) is 1. The van der Waals surface area contributed by atoms with Crippen molar-refractivity contribution in [1.82, 2.24) is 10.2 Å². The number of hydrogen-bond acceptors (Lipinski definition) is 7. The SMILES string of the molecule is COc1cccc(Nc2nnc(SC3Cc4ccccc4C3O)s2)c1. The van der Waals surface area contributed by atoms with Crippen molar-refractivity contribution in [3.05, 3.63) is 59.7 Å². The van der Waals surface area contributed by atoms with Crippen LogP contribution in [0.1, 0.15) is 17.2 Å². The van der Waals surface area contributed by atoms with Crippen LogP contribution in [-0.2, 0) is 6.42 Å². The zero-order chi connectivity index (χ0) is 17.2. The molecule has 2 N–H and O–H groups in total. The summed E-state index contributed by atoms with van der Waals surface area (Å²) in [5.41, 5.74) is 3.14. The fraction of sp³-hybridized carbons (Fsp3) is 0.222. The van der Waals surface area contributed by atoms with Crippen molar-refractivity contribution in [3.8, 4) is 5.75 Å². The van der Waals surface area contributed by atoms with Gasteiger partial charge in [0.25, 0.3) is 0 Å². The maximum atomic E-state index is 10.5. The lowest BCUT2D eigenvalue weighted by Gasteiger charge is -2.12. The molecule has 7 heteroatoms. The summed E-state index contributed by atoms with van der Waals surface area (Å²) < 4.78 is 6.07. The van der Waals surface area contributed by atoms with Crippen molar-refractivity contribution in [3.63, 3.8) is 0 Å². The van der Waals surface area contributed by atoms with Gasteiger partial charge in [-0.25, -0.2) is 0 Å². The number of anilines is 2. The van der Waals surface area contributed by atoms with E-state index in [2.05, 4.69) is 21.6 Å². The third kappa shape index (κ3) is 3.49. The molecule has 1 aliphatic carbocycles. The second kappa shape index (κ2) is 7.03. The summed E-state index contributed by atoms with van der Waals surface area (Å²) in [4.78, 5) is 0. The number of aromatic nitrogens is 2. The molecule has 0 bridgehead atoms. The third-order valence-corrected chi connectivity index (χ3v) is 6.31. The van der Waals surface area contributed by atoms with Gasteiger partial charge in [0.2, 0.25) is 5.13 Å². The van der Waals surface area contributed by atoms with Crippen molar-refractivity contribution in [1.29, 1.82) is 0 Å². The highest BCUT2D eigenvalue weighted by Gasteiger charge is 2.32. The van der Waals surface area contributed by atoms with Gasteiger partial charge in [-0.15, -0.1) is 10.2 Å². The van der Waals surface area contributed by atoms with Gasteiger partial charge in [0, 0.05) is 17.0 Å². The minimum atomic E-state index is -0.458. The lowest BCUT2D eigenvalue weighted by molar-refractivity contribution is 0.185. The number of aliphatic hydroxyl groups is 1. The zero-order valence-electron chi connectivity index (χ0n) is 13.5. The molecule has 0 saturated heterocycles.